The summed E-state index contributed by atoms with van der Waals surface area (Å²) in [7, 11) is 3.63. The predicted molar refractivity (Wildman–Crippen MR) is 81.0 cm³/mol. The van der Waals surface area contributed by atoms with Crippen LogP contribution in [-0.4, -0.2) is 51.2 Å². The van der Waals surface area contributed by atoms with E-state index in [1.807, 2.05) is 7.05 Å². The highest BCUT2D eigenvalue weighted by molar-refractivity contribution is 6.31. The molecule has 0 aliphatic rings. The van der Waals surface area contributed by atoms with Crippen molar-refractivity contribution >= 4 is 23.2 Å². The number of hydrogen-bond donors (Lipinski definition) is 3. The molecule has 1 aromatic rings. The van der Waals surface area contributed by atoms with Gasteiger partial charge in [0.2, 0.25) is 0 Å². The van der Waals surface area contributed by atoms with Crippen molar-refractivity contribution in [3.05, 3.63) is 28.8 Å². The number of carbonyl (C=O) groups excluding carboxylic acids is 1. The minimum Gasteiger partial charge on any atom is -0.383 e. The van der Waals surface area contributed by atoms with E-state index in [9.17, 15) is 4.79 Å². The van der Waals surface area contributed by atoms with Crippen LogP contribution >= 0.6 is 11.6 Å². The van der Waals surface area contributed by atoms with Gasteiger partial charge >= 0.3 is 0 Å². The van der Waals surface area contributed by atoms with Crippen LogP contribution in [0.4, 0.5) is 5.69 Å². The van der Waals surface area contributed by atoms with Crippen LogP contribution in [0.3, 0.4) is 0 Å². The number of benzene rings is 1. The average molecular weight is 301 g/mol. The number of nitrogens with zero attached hydrogens (tertiary/aromatic N) is 1. The average Bonchev–Trinajstić information content (AvgIpc) is 2.44. The summed E-state index contributed by atoms with van der Waals surface area (Å²) in [6, 6.07) is 4.93. The second-order valence-corrected chi connectivity index (χ2v) is 4.82. The van der Waals surface area contributed by atoms with E-state index in [1.54, 1.807) is 25.3 Å². The summed E-state index contributed by atoms with van der Waals surface area (Å²) in [6.45, 7) is 2.76. The monoisotopic (exact) mass is 300 g/mol. The molecule has 0 heterocycles. The van der Waals surface area contributed by atoms with Crippen molar-refractivity contribution in [3.63, 3.8) is 0 Å². The Labute approximate surface area is 124 Å². The number of nitrogen functional groups attached to an aromatic ring is 1. The molecule has 0 saturated heterocycles. The largest absolute Gasteiger partial charge is 0.383 e. The van der Waals surface area contributed by atoms with Gasteiger partial charge < -0.3 is 20.4 Å². The number of anilines is 1. The zero-order valence-electron chi connectivity index (χ0n) is 11.8. The normalized spacial score (nSPS) is 10.7. The fourth-order valence-electron chi connectivity index (χ4n) is 1.64. The Hall–Kier alpha value is -1.34. The number of nitrogens with one attached hydrogen (secondary N) is 2. The van der Waals surface area contributed by atoms with E-state index >= 15 is 0 Å². The van der Waals surface area contributed by atoms with Crippen molar-refractivity contribution in [1.29, 1.82) is 0 Å². The molecule has 0 fully saturated rings. The number of hydrogen-bond acceptors (Lipinski definition) is 5. The van der Waals surface area contributed by atoms with E-state index in [1.165, 1.54) is 0 Å². The molecule has 4 N–H and O–H groups in total. The lowest BCUT2D eigenvalue weighted by Gasteiger charge is -2.16. The lowest BCUT2D eigenvalue weighted by atomic mass is 10.1. The van der Waals surface area contributed by atoms with Crippen LogP contribution in [-0.2, 0) is 4.74 Å². The molecule has 0 atom stereocenters. The van der Waals surface area contributed by atoms with Gasteiger partial charge in [-0.3, -0.25) is 10.6 Å². The van der Waals surface area contributed by atoms with E-state index in [4.69, 9.17) is 22.2 Å². The van der Waals surface area contributed by atoms with Crippen LogP contribution in [0.15, 0.2) is 18.2 Å². The molecule has 0 aromatic heterocycles. The maximum absolute atomic E-state index is 12.1. The molecule has 1 amide bonds. The van der Waals surface area contributed by atoms with Gasteiger partial charge in [-0.1, -0.05) is 11.6 Å². The van der Waals surface area contributed by atoms with Gasteiger partial charge in [-0.05, 0) is 25.2 Å². The first kappa shape index (κ1) is 16.7. The number of likely N-dealkylation sites (N-methyl/N-ethyl adjacent to an activating group) is 1. The number of ether oxygens (including phenoxy) is 1. The fourth-order valence-corrected chi connectivity index (χ4v) is 1.82. The van der Waals surface area contributed by atoms with Crippen molar-refractivity contribution in [1.82, 2.24) is 10.2 Å². The van der Waals surface area contributed by atoms with Gasteiger partial charge in [0.1, 0.15) is 0 Å². The van der Waals surface area contributed by atoms with Gasteiger partial charge in [0, 0.05) is 31.8 Å². The minimum absolute atomic E-state index is 0.208. The standard InChI is InChI=1S/C13H21ClN4O2/c1-18(7-8-20-2)6-5-16-13(19)11-9-10(14)3-4-12(11)17-15/h3-4,9,17H,5-8,15H2,1-2H3,(H,16,19). The molecule has 0 radical (unpaired) electrons. The van der Waals surface area contributed by atoms with Crippen molar-refractivity contribution in [3.8, 4) is 0 Å². The Kier molecular flexibility index (Phi) is 7.32. The zero-order chi connectivity index (χ0) is 15.0. The molecular weight excluding hydrogens is 280 g/mol. The number of halogens is 1. The third-order valence-electron chi connectivity index (χ3n) is 2.84. The molecule has 7 heteroatoms. The van der Waals surface area contributed by atoms with Crippen molar-refractivity contribution in [2.75, 3.05) is 45.8 Å². The van der Waals surface area contributed by atoms with Gasteiger partial charge in [0.05, 0.1) is 17.9 Å². The summed E-state index contributed by atoms with van der Waals surface area (Å²) >= 11 is 5.89. The zero-order valence-corrected chi connectivity index (χ0v) is 12.5. The lowest BCUT2D eigenvalue weighted by molar-refractivity contribution is 0.0948. The second kappa shape index (κ2) is 8.76. The number of carbonyl (C=O) groups is 1. The molecular formula is C13H21ClN4O2. The molecule has 0 saturated carbocycles. The minimum atomic E-state index is -0.208. The predicted octanol–water partition coefficient (Wildman–Crippen LogP) is 0.934. The number of methoxy groups -OCH3 is 1. The second-order valence-electron chi connectivity index (χ2n) is 4.39. The first-order valence-electron chi connectivity index (χ1n) is 6.30. The summed E-state index contributed by atoms with van der Waals surface area (Å²) in [5.41, 5.74) is 3.46. The maximum atomic E-state index is 12.1. The van der Waals surface area contributed by atoms with Crippen molar-refractivity contribution in [2.24, 2.45) is 5.84 Å². The lowest BCUT2D eigenvalue weighted by Crippen LogP contribution is -2.34. The summed E-state index contributed by atoms with van der Waals surface area (Å²) < 4.78 is 4.99. The topological polar surface area (TPSA) is 79.6 Å². The molecule has 1 aromatic carbocycles. The summed E-state index contributed by atoms with van der Waals surface area (Å²) in [4.78, 5) is 14.1. The first-order chi connectivity index (χ1) is 9.58. The van der Waals surface area contributed by atoms with Crippen LogP contribution in [0.1, 0.15) is 10.4 Å². The number of amides is 1. The van der Waals surface area contributed by atoms with Gasteiger partial charge in [0.15, 0.2) is 0 Å². The number of hydrazine groups is 1. The van der Waals surface area contributed by atoms with E-state index in [0.29, 0.717) is 29.4 Å². The summed E-state index contributed by atoms with van der Waals surface area (Å²) in [5, 5.41) is 3.32. The number of rotatable bonds is 8. The number of nitrogens with two attached hydrogens (primary N) is 1. The van der Waals surface area contributed by atoms with Gasteiger partial charge in [-0.2, -0.15) is 0 Å². The summed E-state index contributed by atoms with van der Waals surface area (Å²) in [6.07, 6.45) is 0. The van der Waals surface area contributed by atoms with E-state index in [0.717, 1.165) is 13.1 Å². The highest BCUT2D eigenvalue weighted by Crippen LogP contribution is 2.19. The molecule has 1 rings (SSSR count). The molecule has 6 nitrogen and oxygen atoms in total. The highest BCUT2D eigenvalue weighted by Gasteiger charge is 2.11. The summed E-state index contributed by atoms with van der Waals surface area (Å²) in [5.74, 6) is 5.17. The molecule has 20 heavy (non-hydrogen) atoms. The SMILES string of the molecule is COCCN(C)CCNC(=O)c1cc(Cl)ccc1NN. The Morgan fingerprint density at radius 3 is 2.85 bits per heavy atom. The Morgan fingerprint density at radius 1 is 1.45 bits per heavy atom. The van der Waals surface area contributed by atoms with Gasteiger partial charge in [-0.15, -0.1) is 0 Å². The maximum Gasteiger partial charge on any atom is 0.253 e. The van der Waals surface area contributed by atoms with Gasteiger partial charge in [0.25, 0.3) is 5.91 Å². The van der Waals surface area contributed by atoms with Crippen LogP contribution in [0.5, 0.6) is 0 Å². The third-order valence-corrected chi connectivity index (χ3v) is 3.07. The molecule has 0 aliphatic heterocycles. The highest BCUT2D eigenvalue weighted by atomic mass is 35.5. The molecule has 0 unspecified atom stereocenters. The third kappa shape index (κ3) is 5.34. The van der Waals surface area contributed by atoms with Crippen LogP contribution in [0.2, 0.25) is 5.02 Å². The molecule has 0 spiro atoms. The van der Waals surface area contributed by atoms with E-state index in [-0.39, 0.29) is 5.91 Å². The van der Waals surface area contributed by atoms with Crippen LogP contribution < -0.4 is 16.6 Å². The first-order valence-corrected chi connectivity index (χ1v) is 6.68. The van der Waals surface area contributed by atoms with Crippen LogP contribution in [0.25, 0.3) is 0 Å². The molecule has 0 bridgehead atoms. The van der Waals surface area contributed by atoms with E-state index < -0.39 is 0 Å². The van der Waals surface area contributed by atoms with E-state index in [2.05, 4.69) is 15.6 Å². The Bertz CT molecular complexity index is 442. The van der Waals surface area contributed by atoms with Crippen LogP contribution in [0, 0.1) is 0 Å². The molecule has 0 aliphatic carbocycles. The molecule has 112 valence electrons. The quantitative estimate of drug-likeness (QED) is 0.492. The smallest absolute Gasteiger partial charge is 0.253 e. The Balaban J connectivity index is 2.49. The van der Waals surface area contributed by atoms with Crippen molar-refractivity contribution < 1.29 is 9.53 Å². The van der Waals surface area contributed by atoms with Crippen molar-refractivity contribution in [2.45, 2.75) is 0 Å². The van der Waals surface area contributed by atoms with Gasteiger partial charge in [-0.25, -0.2) is 0 Å². The Morgan fingerprint density at radius 2 is 2.20 bits per heavy atom. The fraction of sp³-hybridized carbons (Fsp3) is 0.462.